The molecule has 8 nitrogen and oxygen atoms in total. The highest BCUT2D eigenvalue weighted by molar-refractivity contribution is 7.90. The van der Waals surface area contributed by atoms with Crippen LogP contribution in [0.5, 0.6) is 0 Å². The average Bonchev–Trinajstić information content (AvgIpc) is 3.11. The van der Waals surface area contributed by atoms with Gasteiger partial charge in [0.1, 0.15) is 23.3 Å². The molecule has 2 N–H and O–H groups in total. The monoisotopic (exact) mass is 515 g/mol. The fourth-order valence-corrected chi connectivity index (χ4v) is 5.44. The Hall–Kier alpha value is -3.60. The van der Waals surface area contributed by atoms with Gasteiger partial charge in [0, 0.05) is 30.4 Å². The highest BCUT2D eigenvalue weighted by Gasteiger charge is 2.39. The molecule has 0 aliphatic carbocycles. The molecular weight excluding hydrogens is 488 g/mol. The Bertz CT molecular complexity index is 1400. The molecule has 1 fully saturated rings. The first-order valence-electron chi connectivity index (χ1n) is 11.4. The Balaban J connectivity index is 1.53. The number of pyridine rings is 2. The van der Waals surface area contributed by atoms with Crippen molar-refractivity contribution in [1.82, 2.24) is 14.7 Å². The zero-order valence-electron chi connectivity index (χ0n) is 20.1. The Morgan fingerprint density at radius 3 is 2.67 bits per heavy atom. The second kappa shape index (κ2) is 9.81. The Kier molecular flexibility index (Phi) is 6.94. The molecule has 1 aromatic carbocycles. The van der Waals surface area contributed by atoms with Crippen molar-refractivity contribution in [2.24, 2.45) is 5.92 Å². The van der Waals surface area contributed by atoms with E-state index in [9.17, 15) is 22.0 Å². The summed E-state index contributed by atoms with van der Waals surface area (Å²) in [6, 6.07) is 10.3. The van der Waals surface area contributed by atoms with Gasteiger partial charge in [0.2, 0.25) is 0 Å². The molecule has 11 heteroatoms. The van der Waals surface area contributed by atoms with E-state index in [0.717, 1.165) is 24.6 Å². The highest BCUT2D eigenvalue weighted by Crippen LogP contribution is 2.37. The van der Waals surface area contributed by atoms with Crippen molar-refractivity contribution in [3.8, 4) is 0 Å². The molecule has 1 amide bonds. The molecule has 1 aliphatic heterocycles. The maximum Gasteiger partial charge on any atom is 0.281 e. The fourth-order valence-electron chi connectivity index (χ4n) is 4.51. The smallest absolute Gasteiger partial charge is 0.281 e. The number of amides is 1. The van der Waals surface area contributed by atoms with Crippen molar-refractivity contribution in [2.75, 3.05) is 16.8 Å². The van der Waals surface area contributed by atoms with Gasteiger partial charge in [-0.15, -0.1) is 0 Å². The third-order valence-corrected chi connectivity index (χ3v) is 7.29. The van der Waals surface area contributed by atoms with E-state index in [-0.39, 0.29) is 29.0 Å². The first kappa shape index (κ1) is 25.5. The van der Waals surface area contributed by atoms with E-state index in [2.05, 4.69) is 40.8 Å². The molecule has 36 heavy (non-hydrogen) atoms. The van der Waals surface area contributed by atoms with Crippen LogP contribution in [-0.4, -0.2) is 36.4 Å². The summed E-state index contributed by atoms with van der Waals surface area (Å²) in [7, 11) is -4.34. The van der Waals surface area contributed by atoms with Crippen molar-refractivity contribution < 1.29 is 22.0 Å². The van der Waals surface area contributed by atoms with Gasteiger partial charge in [-0.1, -0.05) is 13.0 Å². The summed E-state index contributed by atoms with van der Waals surface area (Å²) in [6.45, 7) is 6.81. The van der Waals surface area contributed by atoms with Crippen LogP contribution < -0.4 is 14.9 Å². The van der Waals surface area contributed by atoms with Crippen molar-refractivity contribution in [3.05, 3.63) is 77.5 Å². The number of carbonyl (C=O) groups excluding carboxylic acids is 1. The number of aromatic nitrogens is 2. The normalized spacial score (nSPS) is 17.1. The number of rotatable bonds is 7. The number of nitrogens with one attached hydrogen (secondary N) is 2. The predicted octanol–water partition coefficient (Wildman–Crippen LogP) is 4.11. The summed E-state index contributed by atoms with van der Waals surface area (Å²) in [6.07, 6.45) is 2.48. The lowest BCUT2D eigenvalue weighted by Gasteiger charge is -2.33. The van der Waals surface area contributed by atoms with Crippen LogP contribution in [0.2, 0.25) is 0 Å². The minimum atomic E-state index is -4.34. The number of halogens is 2. The average molecular weight is 516 g/mol. The molecule has 3 heterocycles. The van der Waals surface area contributed by atoms with E-state index in [1.165, 1.54) is 24.3 Å². The summed E-state index contributed by atoms with van der Waals surface area (Å²) in [5.74, 6) is -1.11. The lowest BCUT2D eigenvalue weighted by atomic mass is 9.97. The number of hydrogen-bond donors (Lipinski definition) is 2. The number of hydrogen-bond acceptors (Lipinski definition) is 7. The maximum absolute atomic E-state index is 13.9. The van der Waals surface area contributed by atoms with Crippen molar-refractivity contribution >= 4 is 27.6 Å². The molecule has 190 valence electrons. The molecule has 2 aromatic heterocycles. The summed E-state index contributed by atoms with van der Waals surface area (Å²) in [5.41, 5.74) is -0.0505. The van der Waals surface area contributed by atoms with Gasteiger partial charge in [-0.2, -0.15) is 8.42 Å². The maximum atomic E-state index is 13.9. The number of benzene rings is 1. The molecule has 1 unspecified atom stereocenters. The van der Waals surface area contributed by atoms with Gasteiger partial charge >= 0.3 is 0 Å². The Labute approximate surface area is 208 Å². The molecule has 1 saturated heterocycles. The van der Waals surface area contributed by atoms with Crippen LogP contribution in [0.15, 0.2) is 59.8 Å². The van der Waals surface area contributed by atoms with Crippen molar-refractivity contribution in [1.29, 1.82) is 0 Å². The van der Waals surface area contributed by atoms with Gasteiger partial charge in [0.25, 0.3) is 15.9 Å². The second-order valence-electron chi connectivity index (χ2n) is 9.49. The summed E-state index contributed by atoms with van der Waals surface area (Å²) in [4.78, 5) is 23.5. The zero-order valence-corrected chi connectivity index (χ0v) is 20.9. The number of anilines is 2. The van der Waals surface area contributed by atoms with E-state index in [0.29, 0.717) is 18.3 Å². The van der Waals surface area contributed by atoms with Crippen LogP contribution in [0.25, 0.3) is 0 Å². The van der Waals surface area contributed by atoms with Crippen LogP contribution in [0.1, 0.15) is 43.1 Å². The standard InChI is InChI=1S/C25H27F2N5O3S/c1-16-13-25(2,3)32(15-16)23-19(6-5-11-28-23)24(33)31-36(34,35)22-8-4-7-21(30-22)29-14-17-12-18(26)9-10-20(17)27/h4-12,16H,13-15H2,1-3H3,(H,29,30)(H,31,33). The lowest BCUT2D eigenvalue weighted by Crippen LogP contribution is -2.41. The lowest BCUT2D eigenvalue weighted by molar-refractivity contribution is 0.0981. The minimum absolute atomic E-state index is 0.0571. The molecule has 0 saturated carbocycles. The molecule has 3 aromatic rings. The van der Waals surface area contributed by atoms with Gasteiger partial charge in [0.05, 0.1) is 5.56 Å². The summed E-state index contributed by atoms with van der Waals surface area (Å²) in [5, 5.41) is 2.37. The molecule has 1 atom stereocenters. The number of sulfonamides is 1. The van der Waals surface area contributed by atoms with E-state index >= 15 is 0 Å². The fraction of sp³-hybridized carbons (Fsp3) is 0.320. The van der Waals surface area contributed by atoms with Crippen molar-refractivity contribution in [3.63, 3.8) is 0 Å². The summed E-state index contributed by atoms with van der Waals surface area (Å²) < 4.78 is 55.3. The second-order valence-corrected chi connectivity index (χ2v) is 11.1. The Morgan fingerprint density at radius 1 is 1.17 bits per heavy atom. The van der Waals surface area contributed by atoms with Crippen LogP contribution in [-0.2, 0) is 16.6 Å². The van der Waals surface area contributed by atoms with Crippen LogP contribution >= 0.6 is 0 Å². The Morgan fingerprint density at radius 2 is 1.94 bits per heavy atom. The minimum Gasteiger partial charge on any atom is -0.366 e. The molecule has 0 spiro atoms. The molecule has 4 rings (SSSR count). The zero-order chi connectivity index (χ0) is 26.1. The molecular formula is C25H27F2N5O3S. The topological polar surface area (TPSA) is 104 Å². The van der Waals surface area contributed by atoms with E-state index in [4.69, 9.17) is 0 Å². The third kappa shape index (κ3) is 5.46. The number of carbonyl (C=O) groups is 1. The van der Waals surface area contributed by atoms with Crippen LogP contribution in [0.4, 0.5) is 20.4 Å². The van der Waals surface area contributed by atoms with E-state index in [1.807, 2.05) is 4.90 Å². The molecule has 0 radical (unpaired) electrons. The van der Waals surface area contributed by atoms with Crippen molar-refractivity contribution in [2.45, 2.75) is 44.3 Å². The predicted molar refractivity (Wildman–Crippen MR) is 132 cm³/mol. The van der Waals surface area contributed by atoms with Gasteiger partial charge in [-0.05, 0) is 68.7 Å². The van der Waals surface area contributed by atoms with E-state index in [1.54, 1.807) is 12.3 Å². The number of nitrogens with zero attached hydrogens (tertiary/aromatic N) is 3. The first-order valence-corrected chi connectivity index (χ1v) is 12.9. The van der Waals surface area contributed by atoms with Crippen LogP contribution in [0.3, 0.4) is 0 Å². The van der Waals surface area contributed by atoms with Gasteiger partial charge < -0.3 is 10.2 Å². The quantitative estimate of drug-likeness (QED) is 0.488. The summed E-state index contributed by atoms with van der Waals surface area (Å²) >= 11 is 0. The van der Waals surface area contributed by atoms with Gasteiger partial charge in [0.15, 0.2) is 5.03 Å². The van der Waals surface area contributed by atoms with Crippen LogP contribution in [0, 0.1) is 17.6 Å². The molecule has 0 bridgehead atoms. The van der Waals surface area contributed by atoms with E-state index < -0.39 is 32.6 Å². The van der Waals surface area contributed by atoms with Gasteiger partial charge in [-0.3, -0.25) is 4.79 Å². The molecule has 1 aliphatic rings. The third-order valence-electron chi connectivity index (χ3n) is 6.05. The first-order chi connectivity index (χ1) is 17.0. The van der Waals surface area contributed by atoms with Gasteiger partial charge in [-0.25, -0.2) is 23.5 Å². The largest absolute Gasteiger partial charge is 0.366 e. The SMILES string of the molecule is CC1CN(c2ncccc2C(=O)NS(=O)(=O)c2cccc(NCc3cc(F)ccc3F)n2)C(C)(C)C1. The highest BCUT2D eigenvalue weighted by atomic mass is 32.2.